The largest absolute Gasteiger partial charge is 0.313 e. The number of allylic oxidation sites excluding steroid dienone is 2. The Morgan fingerprint density at radius 3 is 3.12 bits per heavy atom. The molecule has 0 aliphatic carbocycles. The van der Waals surface area contributed by atoms with Crippen molar-refractivity contribution >= 4 is 17.7 Å². The molecule has 0 aromatic carbocycles. The van der Waals surface area contributed by atoms with E-state index in [-0.39, 0.29) is 11.8 Å². The Bertz CT molecular complexity index is 535. The minimum atomic E-state index is -0.157. The molecular weight excluding hydrogens is 216 g/mol. The molecule has 1 aromatic rings. The lowest BCUT2D eigenvalue weighted by molar-refractivity contribution is -0.116. The van der Waals surface area contributed by atoms with E-state index in [2.05, 4.69) is 15.3 Å². The quantitative estimate of drug-likeness (QED) is 0.789. The summed E-state index contributed by atoms with van der Waals surface area (Å²) >= 11 is 0. The van der Waals surface area contributed by atoms with E-state index in [1.807, 2.05) is 36.3 Å². The first-order valence-corrected chi connectivity index (χ1v) is 5.53. The first-order chi connectivity index (χ1) is 8.25. The monoisotopic (exact) mass is 228 g/mol. The summed E-state index contributed by atoms with van der Waals surface area (Å²) in [5.74, 6) is 1.07. The summed E-state index contributed by atoms with van der Waals surface area (Å²) in [7, 11) is 0. The van der Waals surface area contributed by atoms with Crippen LogP contribution < -0.4 is 10.2 Å². The molecule has 17 heavy (non-hydrogen) atoms. The van der Waals surface area contributed by atoms with Crippen LogP contribution in [0.1, 0.15) is 18.4 Å². The summed E-state index contributed by atoms with van der Waals surface area (Å²) in [4.78, 5) is 22.1. The lowest BCUT2D eigenvalue weighted by Crippen LogP contribution is -2.20. The van der Waals surface area contributed by atoms with Gasteiger partial charge in [-0.2, -0.15) is 4.98 Å². The zero-order valence-electron chi connectivity index (χ0n) is 9.42. The van der Waals surface area contributed by atoms with Crippen molar-refractivity contribution in [2.24, 2.45) is 0 Å². The molecule has 2 aliphatic rings. The van der Waals surface area contributed by atoms with E-state index in [0.717, 1.165) is 12.1 Å². The number of aromatic nitrogens is 2. The Labute approximate surface area is 98.9 Å². The van der Waals surface area contributed by atoms with Crippen molar-refractivity contribution in [2.75, 3.05) is 16.8 Å². The van der Waals surface area contributed by atoms with Crippen LogP contribution in [0, 0.1) is 0 Å². The molecule has 0 radical (unpaired) electrons. The zero-order valence-corrected chi connectivity index (χ0v) is 9.42. The van der Waals surface area contributed by atoms with Gasteiger partial charge in [-0.3, -0.25) is 4.79 Å². The Kier molecular flexibility index (Phi) is 2.18. The third-order valence-corrected chi connectivity index (χ3v) is 2.98. The number of rotatable bonds is 1. The van der Waals surface area contributed by atoms with Gasteiger partial charge in [0.05, 0.1) is 5.92 Å². The molecule has 0 saturated carbocycles. The molecule has 3 heterocycles. The van der Waals surface area contributed by atoms with Crippen molar-refractivity contribution in [1.82, 2.24) is 9.97 Å². The maximum absolute atomic E-state index is 11.5. The van der Waals surface area contributed by atoms with Crippen molar-refractivity contribution in [3.63, 3.8) is 0 Å². The number of fused-ring (bicyclic) bond motifs is 1. The van der Waals surface area contributed by atoms with E-state index in [1.165, 1.54) is 0 Å². The average Bonchev–Trinajstić information content (AvgIpc) is 2.66. The summed E-state index contributed by atoms with van der Waals surface area (Å²) in [6.07, 6.45) is 9.58. The Balaban J connectivity index is 1.95. The van der Waals surface area contributed by atoms with Crippen molar-refractivity contribution < 1.29 is 4.79 Å². The van der Waals surface area contributed by atoms with Gasteiger partial charge in [-0.05, 0) is 13.0 Å². The van der Waals surface area contributed by atoms with Crippen molar-refractivity contribution in [3.8, 4) is 0 Å². The van der Waals surface area contributed by atoms with Gasteiger partial charge in [0.1, 0.15) is 5.82 Å². The van der Waals surface area contributed by atoms with E-state index in [1.54, 1.807) is 6.20 Å². The molecule has 0 bridgehead atoms. The van der Waals surface area contributed by atoms with E-state index < -0.39 is 0 Å². The number of hydrogen-bond donors (Lipinski definition) is 1. The first kappa shape index (κ1) is 10.0. The van der Waals surface area contributed by atoms with Crippen LogP contribution in [0.4, 0.5) is 11.8 Å². The molecule has 2 aliphatic heterocycles. The standard InChI is InChI=1S/C12H12N4O/c1-8-9-7-13-12(15-10(9)14-11(8)17)16-5-3-2-4-6-16/h2-5,7-8H,6H2,1H3,(H,13,14,15,17). The molecule has 86 valence electrons. The van der Waals surface area contributed by atoms with Gasteiger partial charge in [0.2, 0.25) is 11.9 Å². The highest BCUT2D eigenvalue weighted by Gasteiger charge is 2.28. The molecule has 5 nitrogen and oxygen atoms in total. The van der Waals surface area contributed by atoms with Crippen molar-refractivity contribution in [3.05, 3.63) is 36.2 Å². The Morgan fingerprint density at radius 2 is 2.35 bits per heavy atom. The molecule has 0 spiro atoms. The fraction of sp³-hybridized carbons (Fsp3) is 0.250. The number of carbonyl (C=O) groups excluding carboxylic acids is 1. The predicted octanol–water partition coefficient (Wildman–Crippen LogP) is 1.42. The number of carbonyl (C=O) groups is 1. The predicted molar refractivity (Wildman–Crippen MR) is 64.7 cm³/mol. The zero-order chi connectivity index (χ0) is 11.8. The third kappa shape index (κ3) is 1.60. The van der Waals surface area contributed by atoms with Crippen LogP contribution in [0.15, 0.2) is 30.6 Å². The summed E-state index contributed by atoms with van der Waals surface area (Å²) in [6.45, 7) is 2.60. The molecule has 1 N–H and O–H groups in total. The lowest BCUT2D eigenvalue weighted by Gasteiger charge is -2.18. The van der Waals surface area contributed by atoms with Gasteiger partial charge in [-0.25, -0.2) is 4.98 Å². The fourth-order valence-electron chi connectivity index (χ4n) is 1.92. The molecular formula is C12H12N4O. The van der Waals surface area contributed by atoms with Gasteiger partial charge in [0.15, 0.2) is 0 Å². The van der Waals surface area contributed by atoms with Crippen LogP contribution in [0.2, 0.25) is 0 Å². The Morgan fingerprint density at radius 1 is 1.47 bits per heavy atom. The molecule has 1 unspecified atom stereocenters. The van der Waals surface area contributed by atoms with Gasteiger partial charge in [-0.1, -0.05) is 12.2 Å². The van der Waals surface area contributed by atoms with Gasteiger partial charge in [0, 0.05) is 24.5 Å². The molecule has 1 aromatic heterocycles. The van der Waals surface area contributed by atoms with Gasteiger partial charge >= 0.3 is 0 Å². The second-order valence-corrected chi connectivity index (χ2v) is 4.11. The molecule has 1 atom stereocenters. The molecule has 1 amide bonds. The number of nitrogens with one attached hydrogen (secondary N) is 1. The maximum Gasteiger partial charge on any atom is 0.232 e. The molecule has 5 heteroatoms. The second-order valence-electron chi connectivity index (χ2n) is 4.11. The highest BCUT2D eigenvalue weighted by molar-refractivity contribution is 6.01. The van der Waals surface area contributed by atoms with E-state index in [9.17, 15) is 4.79 Å². The topological polar surface area (TPSA) is 58.1 Å². The third-order valence-electron chi connectivity index (χ3n) is 2.98. The van der Waals surface area contributed by atoms with Crippen LogP contribution in [-0.4, -0.2) is 22.4 Å². The number of nitrogens with zero attached hydrogens (tertiary/aromatic N) is 3. The van der Waals surface area contributed by atoms with Gasteiger partial charge in [-0.15, -0.1) is 0 Å². The van der Waals surface area contributed by atoms with Crippen LogP contribution in [0.5, 0.6) is 0 Å². The highest BCUT2D eigenvalue weighted by atomic mass is 16.2. The van der Waals surface area contributed by atoms with Crippen LogP contribution in [0.25, 0.3) is 0 Å². The normalized spacial score (nSPS) is 21.6. The smallest absolute Gasteiger partial charge is 0.232 e. The summed E-state index contributed by atoms with van der Waals surface area (Å²) < 4.78 is 0. The lowest BCUT2D eigenvalue weighted by atomic mass is 10.1. The highest BCUT2D eigenvalue weighted by Crippen LogP contribution is 2.30. The maximum atomic E-state index is 11.5. The van der Waals surface area contributed by atoms with Crippen molar-refractivity contribution in [2.45, 2.75) is 12.8 Å². The minimum Gasteiger partial charge on any atom is -0.313 e. The van der Waals surface area contributed by atoms with Crippen LogP contribution in [0.3, 0.4) is 0 Å². The Hall–Kier alpha value is -2.17. The summed E-state index contributed by atoms with van der Waals surface area (Å²) in [5.41, 5.74) is 0.871. The number of anilines is 2. The van der Waals surface area contributed by atoms with Crippen LogP contribution >= 0.6 is 0 Å². The van der Waals surface area contributed by atoms with Crippen molar-refractivity contribution in [1.29, 1.82) is 0 Å². The molecule has 0 saturated heterocycles. The first-order valence-electron chi connectivity index (χ1n) is 5.53. The van der Waals surface area contributed by atoms with Gasteiger partial charge < -0.3 is 10.2 Å². The molecule has 3 rings (SSSR count). The minimum absolute atomic E-state index is 0.0134. The summed E-state index contributed by atoms with van der Waals surface area (Å²) in [5, 5.41) is 2.77. The average molecular weight is 228 g/mol. The SMILES string of the molecule is CC1C(=O)Nc2nc(N3C=CC=CC3)ncc21. The summed E-state index contributed by atoms with van der Waals surface area (Å²) in [6, 6.07) is 0. The van der Waals surface area contributed by atoms with Crippen LogP contribution in [-0.2, 0) is 4.79 Å². The molecule has 0 fully saturated rings. The van der Waals surface area contributed by atoms with E-state index in [0.29, 0.717) is 11.8 Å². The fourth-order valence-corrected chi connectivity index (χ4v) is 1.92. The van der Waals surface area contributed by atoms with Gasteiger partial charge in [0.25, 0.3) is 0 Å². The number of hydrogen-bond acceptors (Lipinski definition) is 4. The number of amides is 1. The van der Waals surface area contributed by atoms with E-state index in [4.69, 9.17) is 0 Å². The second kappa shape index (κ2) is 3.69. The van der Waals surface area contributed by atoms with E-state index >= 15 is 0 Å².